The van der Waals surface area contributed by atoms with Crippen molar-refractivity contribution in [3.05, 3.63) is 99.2 Å². The van der Waals surface area contributed by atoms with Crippen molar-refractivity contribution in [2.75, 3.05) is 0 Å². The second-order valence-electron chi connectivity index (χ2n) is 8.16. The van der Waals surface area contributed by atoms with Crippen LogP contribution >= 0.6 is 15.9 Å². The molecular weight excluding hydrogens is 480 g/mol. The van der Waals surface area contributed by atoms with E-state index in [0.717, 1.165) is 26.9 Å². The number of hydrogen-bond donors (Lipinski definition) is 1. The molecule has 164 valence electrons. The van der Waals surface area contributed by atoms with Gasteiger partial charge in [0.2, 0.25) is 5.88 Å². The molecule has 2 aromatic carbocycles. The van der Waals surface area contributed by atoms with Gasteiger partial charge in [0, 0.05) is 40.2 Å². The average Bonchev–Trinajstić information content (AvgIpc) is 3.24. The number of allylic oxidation sites excluding steroid dienone is 3. The second-order valence-corrected chi connectivity index (χ2v) is 9.08. The molecule has 3 aromatic rings. The molecule has 0 fully saturated rings. The Morgan fingerprint density at radius 2 is 1.91 bits per heavy atom. The Balaban J connectivity index is 1.68. The van der Waals surface area contributed by atoms with Crippen LogP contribution in [0, 0.1) is 11.3 Å². The van der Waals surface area contributed by atoms with Crippen LogP contribution in [0.5, 0.6) is 0 Å². The lowest BCUT2D eigenvalue weighted by atomic mass is 9.77. The first-order valence-corrected chi connectivity index (χ1v) is 11.6. The lowest BCUT2D eigenvalue weighted by Crippen LogP contribution is -2.27. The van der Waals surface area contributed by atoms with E-state index in [2.05, 4.69) is 22.0 Å². The van der Waals surface area contributed by atoms with Crippen molar-refractivity contribution in [2.24, 2.45) is 5.73 Å². The van der Waals surface area contributed by atoms with Gasteiger partial charge in [0.25, 0.3) is 0 Å². The van der Waals surface area contributed by atoms with Gasteiger partial charge >= 0.3 is 0 Å². The molecule has 0 saturated carbocycles. The Morgan fingerprint density at radius 1 is 1.15 bits per heavy atom. The van der Waals surface area contributed by atoms with Gasteiger partial charge in [-0.1, -0.05) is 58.4 Å². The van der Waals surface area contributed by atoms with Gasteiger partial charge in [-0.15, -0.1) is 0 Å². The first-order valence-electron chi connectivity index (χ1n) is 10.8. The van der Waals surface area contributed by atoms with Crippen molar-refractivity contribution < 1.29 is 9.53 Å². The molecule has 33 heavy (non-hydrogen) atoms. The summed E-state index contributed by atoms with van der Waals surface area (Å²) in [7, 11) is 0. The van der Waals surface area contributed by atoms with E-state index in [9.17, 15) is 10.1 Å². The Kier molecular flexibility index (Phi) is 5.61. The topological polar surface area (TPSA) is 93.9 Å². The lowest BCUT2D eigenvalue weighted by Gasteiger charge is -2.30. The highest BCUT2D eigenvalue weighted by molar-refractivity contribution is 9.10. The smallest absolute Gasteiger partial charge is 0.205 e. The summed E-state index contributed by atoms with van der Waals surface area (Å²) in [4.78, 5) is 13.0. The van der Waals surface area contributed by atoms with Gasteiger partial charge in [0.05, 0.1) is 18.2 Å². The van der Waals surface area contributed by atoms with Crippen LogP contribution in [0.2, 0.25) is 0 Å². The molecule has 0 bridgehead atoms. The van der Waals surface area contributed by atoms with Crippen LogP contribution in [-0.4, -0.2) is 15.6 Å². The molecule has 7 heteroatoms. The molecule has 0 unspecified atom stereocenters. The van der Waals surface area contributed by atoms with Crippen LogP contribution in [0.3, 0.4) is 0 Å². The molecule has 6 nitrogen and oxygen atoms in total. The predicted molar refractivity (Wildman–Crippen MR) is 127 cm³/mol. The zero-order valence-corrected chi connectivity index (χ0v) is 19.4. The average molecular weight is 501 g/mol. The van der Waals surface area contributed by atoms with E-state index in [1.165, 1.54) is 0 Å². The largest absolute Gasteiger partial charge is 0.444 e. The highest BCUT2D eigenvalue weighted by atomic mass is 79.9. The van der Waals surface area contributed by atoms with Crippen molar-refractivity contribution in [1.82, 2.24) is 9.78 Å². The van der Waals surface area contributed by atoms with Gasteiger partial charge in [0.1, 0.15) is 17.4 Å². The number of rotatable bonds is 4. The molecule has 1 aliphatic heterocycles. The minimum absolute atomic E-state index is 0.00108. The normalized spacial score (nSPS) is 18.1. The van der Waals surface area contributed by atoms with Gasteiger partial charge in [-0.2, -0.15) is 10.4 Å². The summed E-state index contributed by atoms with van der Waals surface area (Å²) in [5.41, 5.74) is 10.5. The first kappa shape index (κ1) is 21.2. The van der Waals surface area contributed by atoms with Crippen LogP contribution in [0.15, 0.2) is 88.1 Å². The first-order chi connectivity index (χ1) is 16.0. The van der Waals surface area contributed by atoms with Gasteiger partial charge in [-0.05, 0) is 24.1 Å². The van der Waals surface area contributed by atoms with Crippen LogP contribution in [0.4, 0.5) is 0 Å². The number of carbonyl (C=O) groups excluding carboxylic acids is 1. The predicted octanol–water partition coefficient (Wildman–Crippen LogP) is 5.18. The fourth-order valence-corrected chi connectivity index (χ4v) is 4.76. The number of nitriles is 1. The third-order valence-electron chi connectivity index (χ3n) is 6.01. The van der Waals surface area contributed by atoms with Crippen molar-refractivity contribution in [3.8, 4) is 17.3 Å². The lowest BCUT2D eigenvalue weighted by molar-refractivity contribution is -0.116. The molecule has 1 aliphatic carbocycles. The highest BCUT2D eigenvalue weighted by Crippen LogP contribution is 2.45. The van der Waals surface area contributed by atoms with Crippen molar-refractivity contribution in [1.29, 1.82) is 5.26 Å². The van der Waals surface area contributed by atoms with Crippen LogP contribution in [0.1, 0.15) is 36.3 Å². The minimum atomic E-state index is -0.597. The van der Waals surface area contributed by atoms with E-state index in [1.54, 1.807) is 0 Å². The number of halogens is 1. The second kappa shape index (κ2) is 8.72. The van der Waals surface area contributed by atoms with Crippen molar-refractivity contribution >= 4 is 21.7 Å². The molecule has 2 heterocycles. The number of ether oxygens (including phenoxy) is 1. The Labute approximate surface area is 200 Å². The molecule has 0 saturated heterocycles. The van der Waals surface area contributed by atoms with E-state index < -0.39 is 5.92 Å². The SMILES string of the molecule is N#CC1=C(N)OC2=C(C(=O)CCC2)[C@H]1c1cn(Cc2ccc(Br)cc2)nc1-c1ccccc1. The van der Waals surface area contributed by atoms with Crippen LogP contribution in [-0.2, 0) is 16.1 Å². The summed E-state index contributed by atoms with van der Waals surface area (Å²) in [6.07, 6.45) is 3.71. The number of hydrogen-bond acceptors (Lipinski definition) is 5. The van der Waals surface area contributed by atoms with Gasteiger partial charge in [-0.3, -0.25) is 9.48 Å². The molecule has 0 radical (unpaired) electrons. The molecule has 2 N–H and O–H groups in total. The third-order valence-corrected chi connectivity index (χ3v) is 6.54. The molecule has 1 aromatic heterocycles. The summed E-state index contributed by atoms with van der Waals surface area (Å²) in [5, 5.41) is 14.9. The maximum absolute atomic E-state index is 13.0. The molecular formula is C26H21BrN4O2. The van der Waals surface area contributed by atoms with E-state index in [-0.39, 0.29) is 17.2 Å². The summed E-state index contributed by atoms with van der Waals surface area (Å²) < 4.78 is 8.60. The Bertz CT molecular complexity index is 1330. The maximum Gasteiger partial charge on any atom is 0.205 e. The van der Waals surface area contributed by atoms with Crippen molar-refractivity contribution in [2.45, 2.75) is 31.7 Å². The van der Waals surface area contributed by atoms with Gasteiger partial charge in [-0.25, -0.2) is 0 Å². The van der Waals surface area contributed by atoms with Crippen LogP contribution < -0.4 is 5.73 Å². The van der Waals surface area contributed by atoms with Gasteiger partial charge < -0.3 is 10.5 Å². The van der Waals surface area contributed by atoms with E-state index in [1.807, 2.05) is 65.5 Å². The quantitative estimate of drug-likeness (QED) is 0.532. The highest BCUT2D eigenvalue weighted by Gasteiger charge is 2.40. The standard InChI is InChI=1S/C26H21BrN4O2/c27-18-11-9-16(10-12-18)14-31-15-20(25(30-31)17-5-2-1-3-6-17)23-19(13-28)26(29)33-22-8-4-7-21(32)24(22)23/h1-3,5-6,9-12,15,23H,4,7-8,14,29H2/t23-/m1/s1. The number of nitrogens with zero attached hydrogens (tertiary/aromatic N) is 3. The number of nitrogens with two attached hydrogens (primary N) is 1. The van der Waals surface area contributed by atoms with Gasteiger partial charge in [0.15, 0.2) is 5.78 Å². The van der Waals surface area contributed by atoms with E-state index >= 15 is 0 Å². The summed E-state index contributed by atoms with van der Waals surface area (Å²) in [5.74, 6) is 0.0460. The van der Waals surface area contributed by atoms with Crippen molar-refractivity contribution in [3.63, 3.8) is 0 Å². The minimum Gasteiger partial charge on any atom is -0.444 e. The molecule has 1 atom stereocenters. The fraction of sp³-hybridized carbons (Fsp3) is 0.192. The zero-order valence-electron chi connectivity index (χ0n) is 17.8. The molecule has 0 spiro atoms. The van der Waals surface area contributed by atoms with E-state index in [4.69, 9.17) is 15.6 Å². The summed E-state index contributed by atoms with van der Waals surface area (Å²) >= 11 is 3.47. The third kappa shape index (κ3) is 3.98. The molecule has 5 rings (SSSR count). The summed E-state index contributed by atoms with van der Waals surface area (Å²) in [6, 6.07) is 20.0. The number of ketones is 1. The number of benzene rings is 2. The Morgan fingerprint density at radius 3 is 2.64 bits per heavy atom. The number of carbonyl (C=O) groups is 1. The molecule has 2 aliphatic rings. The maximum atomic E-state index is 13.0. The summed E-state index contributed by atoms with van der Waals surface area (Å²) in [6.45, 7) is 0.553. The van der Waals surface area contributed by atoms with E-state index in [0.29, 0.717) is 37.1 Å². The monoisotopic (exact) mass is 500 g/mol. The zero-order chi connectivity index (χ0) is 22.9. The Hall–Kier alpha value is -3.63. The molecule has 0 amide bonds. The number of Topliss-reactive ketones (excluding diaryl/α,β-unsaturated/α-hetero) is 1. The number of aromatic nitrogens is 2. The van der Waals surface area contributed by atoms with Crippen LogP contribution in [0.25, 0.3) is 11.3 Å². The fourth-order valence-electron chi connectivity index (χ4n) is 4.49.